The molecule has 2 heterocycles. The SMILES string of the molecule is Cc1nnc(-c2ccc3nc(N)sc3c2)n1C1CCCC1. The Balaban J connectivity index is 1.84. The first-order valence-electron chi connectivity index (χ1n) is 7.30. The summed E-state index contributed by atoms with van der Waals surface area (Å²) in [5.74, 6) is 1.97. The number of anilines is 1. The van der Waals surface area contributed by atoms with E-state index < -0.39 is 0 Å². The van der Waals surface area contributed by atoms with Crippen LogP contribution in [-0.2, 0) is 0 Å². The molecule has 0 unspecified atom stereocenters. The van der Waals surface area contributed by atoms with Gasteiger partial charge in [0.1, 0.15) is 5.82 Å². The van der Waals surface area contributed by atoms with Crippen molar-refractivity contribution in [1.82, 2.24) is 19.7 Å². The predicted molar refractivity (Wildman–Crippen MR) is 85.3 cm³/mol. The standard InChI is InChI=1S/C15H17N5S/c1-9-18-19-14(20(9)11-4-2-3-5-11)10-6-7-12-13(8-10)21-15(16)17-12/h6-8,11H,2-5H2,1H3,(H2,16,17). The molecule has 2 aromatic heterocycles. The number of nitrogen functional groups attached to an aromatic ring is 1. The third-order valence-electron chi connectivity index (χ3n) is 4.22. The molecular weight excluding hydrogens is 282 g/mol. The number of thiazole rings is 1. The molecule has 6 heteroatoms. The van der Waals surface area contributed by atoms with Crippen LogP contribution in [0.15, 0.2) is 18.2 Å². The minimum absolute atomic E-state index is 0.539. The number of benzene rings is 1. The van der Waals surface area contributed by atoms with Crippen LogP contribution in [0.1, 0.15) is 37.5 Å². The summed E-state index contributed by atoms with van der Waals surface area (Å²) in [7, 11) is 0. The monoisotopic (exact) mass is 299 g/mol. The second-order valence-corrected chi connectivity index (χ2v) is 6.68. The molecule has 1 aliphatic carbocycles. The van der Waals surface area contributed by atoms with Crippen molar-refractivity contribution >= 4 is 26.7 Å². The third-order valence-corrected chi connectivity index (χ3v) is 5.07. The minimum atomic E-state index is 0.539. The Bertz CT molecular complexity index is 798. The average molecular weight is 299 g/mol. The van der Waals surface area contributed by atoms with Gasteiger partial charge in [-0.05, 0) is 38.0 Å². The highest BCUT2D eigenvalue weighted by Crippen LogP contribution is 2.35. The van der Waals surface area contributed by atoms with E-state index >= 15 is 0 Å². The molecule has 0 atom stereocenters. The molecule has 1 saturated carbocycles. The Morgan fingerprint density at radius 3 is 2.86 bits per heavy atom. The van der Waals surface area contributed by atoms with Gasteiger partial charge >= 0.3 is 0 Å². The van der Waals surface area contributed by atoms with Crippen molar-refractivity contribution in [2.45, 2.75) is 38.6 Å². The molecule has 1 aromatic carbocycles. The average Bonchev–Trinajstić information content (AvgIpc) is 3.15. The van der Waals surface area contributed by atoms with Gasteiger partial charge in [-0.1, -0.05) is 24.2 Å². The fourth-order valence-electron chi connectivity index (χ4n) is 3.25. The van der Waals surface area contributed by atoms with Crippen LogP contribution in [0.25, 0.3) is 21.6 Å². The molecule has 1 aliphatic rings. The zero-order valence-corrected chi connectivity index (χ0v) is 12.7. The summed E-state index contributed by atoms with van der Waals surface area (Å²) in [5, 5.41) is 9.32. The summed E-state index contributed by atoms with van der Waals surface area (Å²) < 4.78 is 3.40. The van der Waals surface area contributed by atoms with Gasteiger partial charge in [0.25, 0.3) is 0 Å². The molecule has 108 valence electrons. The van der Waals surface area contributed by atoms with Gasteiger partial charge in [-0.2, -0.15) is 0 Å². The van der Waals surface area contributed by atoms with Crippen molar-refractivity contribution in [3.05, 3.63) is 24.0 Å². The van der Waals surface area contributed by atoms with E-state index in [1.165, 1.54) is 37.0 Å². The van der Waals surface area contributed by atoms with Gasteiger partial charge < -0.3 is 10.3 Å². The van der Waals surface area contributed by atoms with Crippen LogP contribution in [0.4, 0.5) is 5.13 Å². The van der Waals surface area contributed by atoms with Crippen molar-refractivity contribution < 1.29 is 0 Å². The van der Waals surface area contributed by atoms with E-state index in [1.807, 2.05) is 13.0 Å². The van der Waals surface area contributed by atoms with Gasteiger partial charge in [0.15, 0.2) is 11.0 Å². The van der Waals surface area contributed by atoms with Gasteiger partial charge in [-0.25, -0.2) is 4.98 Å². The Hall–Kier alpha value is -1.95. The smallest absolute Gasteiger partial charge is 0.181 e. The first-order chi connectivity index (χ1) is 10.2. The van der Waals surface area contributed by atoms with Crippen molar-refractivity contribution in [3.8, 4) is 11.4 Å². The van der Waals surface area contributed by atoms with Crippen LogP contribution in [0, 0.1) is 6.92 Å². The maximum atomic E-state index is 5.79. The van der Waals surface area contributed by atoms with Crippen LogP contribution in [0.5, 0.6) is 0 Å². The lowest BCUT2D eigenvalue weighted by Gasteiger charge is -2.15. The largest absolute Gasteiger partial charge is 0.375 e. The number of aryl methyl sites for hydroxylation is 1. The summed E-state index contributed by atoms with van der Waals surface area (Å²) in [6, 6.07) is 6.74. The summed E-state index contributed by atoms with van der Waals surface area (Å²) in [6.07, 6.45) is 5.04. The highest BCUT2D eigenvalue weighted by atomic mass is 32.1. The molecule has 1 fully saturated rings. The number of aromatic nitrogens is 4. The predicted octanol–water partition coefficient (Wildman–Crippen LogP) is 3.56. The lowest BCUT2D eigenvalue weighted by Crippen LogP contribution is -2.08. The molecule has 21 heavy (non-hydrogen) atoms. The van der Waals surface area contributed by atoms with E-state index in [0.717, 1.165) is 27.4 Å². The number of hydrogen-bond acceptors (Lipinski definition) is 5. The van der Waals surface area contributed by atoms with Crippen LogP contribution >= 0.6 is 11.3 Å². The van der Waals surface area contributed by atoms with Crippen LogP contribution in [0.2, 0.25) is 0 Å². The van der Waals surface area contributed by atoms with Gasteiger partial charge in [0, 0.05) is 11.6 Å². The summed E-state index contributed by atoms with van der Waals surface area (Å²) in [5.41, 5.74) is 7.83. The van der Waals surface area contributed by atoms with Crippen molar-refractivity contribution in [2.24, 2.45) is 0 Å². The molecule has 0 radical (unpaired) electrons. The van der Waals surface area contributed by atoms with Crippen LogP contribution in [-0.4, -0.2) is 19.7 Å². The summed E-state index contributed by atoms with van der Waals surface area (Å²) in [4.78, 5) is 4.31. The molecule has 2 N–H and O–H groups in total. The quantitative estimate of drug-likeness (QED) is 0.785. The number of nitrogens with two attached hydrogens (primary N) is 1. The van der Waals surface area contributed by atoms with Crippen molar-refractivity contribution in [2.75, 3.05) is 5.73 Å². The van der Waals surface area contributed by atoms with E-state index in [2.05, 4.69) is 31.9 Å². The number of nitrogens with zero attached hydrogens (tertiary/aromatic N) is 4. The molecule has 4 rings (SSSR count). The second kappa shape index (κ2) is 4.80. The first-order valence-corrected chi connectivity index (χ1v) is 8.12. The topological polar surface area (TPSA) is 69.6 Å². The fraction of sp³-hybridized carbons (Fsp3) is 0.400. The zero-order chi connectivity index (χ0) is 14.4. The highest BCUT2D eigenvalue weighted by molar-refractivity contribution is 7.22. The normalized spacial score (nSPS) is 16.0. The fourth-order valence-corrected chi connectivity index (χ4v) is 4.02. The maximum Gasteiger partial charge on any atom is 0.181 e. The van der Waals surface area contributed by atoms with E-state index in [9.17, 15) is 0 Å². The molecule has 0 bridgehead atoms. The lowest BCUT2D eigenvalue weighted by molar-refractivity contribution is 0.510. The molecule has 0 saturated heterocycles. The first kappa shape index (κ1) is 12.8. The number of hydrogen-bond donors (Lipinski definition) is 1. The molecule has 0 aliphatic heterocycles. The van der Waals surface area contributed by atoms with Crippen LogP contribution in [0.3, 0.4) is 0 Å². The molecule has 0 amide bonds. The zero-order valence-electron chi connectivity index (χ0n) is 11.9. The lowest BCUT2D eigenvalue weighted by atomic mass is 10.1. The van der Waals surface area contributed by atoms with E-state index in [-0.39, 0.29) is 0 Å². The van der Waals surface area contributed by atoms with Gasteiger partial charge in [-0.15, -0.1) is 10.2 Å². The summed E-state index contributed by atoms with van der Waals surface area (Å²) in [6.45, 7) is 2.04. The number of rotatable bonds is 2. The molecule has 5 nitrogen and oxygen atoms in total. The van der Waals surface area contributed by atoms with E-state index in [4.69, 9.17) is 5.73 Å². The Morgan fingerprint density at radius 1 is 1.24 bits per heavy atom. The number of fused-ring (bicyclic) bond motifs is 1. The minimum Gasteiger partial charge on any atom is -0.375 e. The van der Waals surface area contributed by atoms with Crippen molar-refractivity contribution in [1.29, 1.82) is 0 Å². The Morgan fingerprint density at radius 2 is 2.05 bits per heavy atom. The summed E-state index contributed by atoms with van der Waals surface area (Å²) >= 11 is 1.52. The second-order valence-electron chi connectivity index (χ2n) is 5.61. The third kappa shape index (κ3) is 2.10. The van der Waals surface area contributed by atoms with Crippen molar-refractivity contribution in [3.63, 3.8) is 0 Å². The van der Waals surface area contributed by atoms with Crippen LogP contribution < -0.4 is 5.73 Å². The highest BCUT2D eigenvalue weighted by Gasteiger charge is 2.23. The molecular formula is C15H17N5S. The van der Waals surface area contributed by atoms with E-state index in [0.29, 0.717) is 11.2 Å². The Labute approximate surface area is 126 Å². The molecule has 0 spiro atoms. The van der Waals surface area contributed by atoms with Gasteiger partial charge in [-0.3, -0.25) is 0 Å². The Kier molecular flexibility index (Phi) is 2.92. The van der Waals surface area contributed by atoms with Gasteiger partial charge in [0.2, 0.25) is 0 Å². The van der Waals surface area contributed by atoms with E-state index in [1.54, 1.807) is 0 Å². The molecule has 3 aromatic rings. The maximum absolute atomic E-state index is 5.79. The van der Waals surface area contributed by atoms with Gasteiger partial charge in [0.05, 0.1) is 10.2 Å².